The highest BCUT2D eigenvalue weighted by atomic mass is 14.5. The summed E-state index contributed by atoms with van der Waals surface area (Å²) < 4.78 is 0. The van der Waals surface area contributed by atoms with Gasteiger partial charge in [-0.1, -0.05) is 81.1 Å². The van der Waals surface area contributed by atoms with Gasteiger partial charge in [-0.15, -0.1) is 0 Å². The molecule has 0 aliphatic carbocycles. The molecule has 0 aliphatic rings. The monoisotopic (exact) mass is 240 g/mol. The van der Waals surface area contributed by atoms with Crippen molar-refractivity contribution in [1.29, 1.82) is 0 Å². The van der Waals surface area contributed by atoms with E-state index in [2.05, 4.69) is 55.4 Å². The minimum absolute atomic E-state index is 0.396. The van der Waals surface area contributed by atoms with E-state index < -0.39 is 0 Å². The molecule has 0 radical (unpaired) electrons. The zero-order valence-corrected chi connectivity index (χ0v) is 13.7. The number of hydrogen-bond acceptors (Lipinski definition) is 0. The maximum Gasteiger partial charge on any atom is -0.0275 e. The fourth-order valence-corrected chi connectivity index (χ4v) is 2.99. The molecule has 17 heavy (non-hydrogen) atoms. The van der Waals surface area contributed by atoms with Gasteiger partial charge >= 0.3 is 0 Å². The molecule has 0 aromatic rings. The van der Waals surface area contributed by atoms with Crippen LogP contribution in [0.4, 0.5) is 0 Å². The second-order valence-electron chi connectivity index (χ2n) is 7.49. The third kappa shape index (κ3) is 4.64. The molecule has 104 valence electrons. The van der Waals surface area contributed by atoms with Gasteiger partial charge in [0.2, 0.25) is 0 Å². The number of unbranched alkanes of at least 4 members (excludes halogenated alkanes) is 1. The van der Waals surface area contributed by atoms with Crippen LogP contribution in [0.2, 0.25) is 0 Å². The van der Waals surface area contributed by atoms with Crippen LogP contribution in [0.1, 0.15) is 87.5 Å². The van der Waals surface area contributed by atoms with Gasteiger partial charge in [-0.2, -0.15) is 0 Å². The van der Waals surface area contributed by atoms with Gasteiger partial charge in [0.15, 0.2) is 0 Å². The average molecular weight is 240 g/mol. The zero-order valence-electron chi connectivity index (χ0n) is 13.7. The van der Waals surface area contributed by atoms with Crippen molar-refractivity contribution in [1.82, 2.24) is 0 Å². The fraction of sp³-hybridized carbons (Fsp3) is 1.00. The quantitative estimate of drug-likeness (QED) is 0.490. The topological polar surface area (TPSA) is 0 Å². The molecule has 2 atom stereocenters. The van der Waals surface area contributed by atoms with Crippen molar-refractivity contribution >= 4 is 0 Å². The van der Waals surface area contributed by atoms with E-state index >= 15 is 0 Å². The molecular formula is C17H36. The Bertz CT molecular complexity index is 195. The molecule has 0 amide bonds. The van der Waals surface area contributed by atoms with Crippen LogP contribution in [0.3, 0.4) is 0 Å². The third-order valence-electron chi connectivity index (χ3n) is 5.16. The highest BCUT2D eigenvalue weighted by Gasteiger charge is 2.41. The first kappa shape index (κ1) is 17.0. The van der Waals surface area contributed by atoms with E-state index in [1.807, 2.05) is 0 Å². The summed E-state index contributed by atoms with van der Waals surface area (Å²) in [7, 11) is 0. The maximum atomic E-state index is 2.49. The number of rotatable bonds is 7. The molecule has 0 aromatic heterocycles. The summed E-state index contributed by atoms with van der Waals surface area (Å²) in [5.74, 6) is 1.73. The second kappa shape index (κ2) is 6.81. The maximum absolute atomic E-state index is 2.49. The Balaban J connectivity index is 4.89. The summed E-state index contributed by atoms with van der Waals surface area (Å²) in [5.41, 5.74) is 0.824. The van der Waals surface area contributed by atoms with Crippen LogP contribution in [-0.2, 0) is 0 Å². The molecular weight excluding hydrogens is 204 g/mol. The molecule has 0 N–H and O–H groups in total. The van der Waals surface area contributed by atoms with E-state index in [0.717, 1.165) is 11.8 Å². The Kier molecular flexibility index (Phi) is 6.81. The fourth-order valence-electron chi connectivity index (χ4n) is 2.99. The Morgan fingerprint density at radius 1 is 0.824 bits per heavy atom. The summed E-state index contributed by atoms with van der Waals surface area (Å²) in [4.78, 5) is 0. The summed E-state index contributed by atoms with van der Waals surface area (Å²) in [6.07, 6.45) is 6.83. The van der Waals surface area contributed by atoms with E-state index in [-0.39, 0.29) is 0 Å². The third-order valence-corrected chi connectivity index (χ3v) is 5.16. The lowest BCUT2D eigenvalue weighted by molar-refractivity contribution is 0.0146. The highest BCUT2D eigenvalue weighted by molar-refractivity contribution is 4.90. The van der Waals surface area contributed by atoms with Crippen molar-refractivity contribution in [2.75, 3.05) is 0 Å². The molecule has 0 rings (SSSR count). The van der Waals surface area contributed by atoms with Crippen molar-refractivity contribution in [2.24, 2.45) is 22.7 Å². The number of hydrogen-bond donors (Lipinski definition) is 0. The lowest BCUT2D eigenvalue weighted by atomic mass is 9.57. The molecule has 0 saturated heterocycles. The van der Waals surface area contributed by atoms with Gasteiger partial charge in [0, 0.05) is 0 Å². The first-order valence-electron chi connectivity index (χ1n) is 7.68. The molecule has 0 aromatic carbocycles. The molecule has 0 saturated carbocycles. The van der Waals surface area contributed by atoms with E-state index in [9.17, 15) is 0 Å². The van der Waals surface area contributed by atoms with Crippen molar-refractivity contribution < 1.29 is 0 Å². The van der Waals surface area contributed by atoms with Crippen molar-refractivity contribution in [3.05, 3.63) is 0 Å². The van der Waals surface area contributed by atoms with Gasteiger partial charge in [-0.3, -0.25) is 0 Å². The van der Waals surface area contributed by atoms with Gasteiger partial charge < -0.3 is 0 Å². The predicted octanol–water partition coefficient (Wildman–Crippen LogP) is 6.30. The van der Waals surface area contributed by atoms with Gasteiger partial charge in [0.05, 0.1) is 0 Å². The first-order chi connectivity index (χ1) is 7.68. The normalized spacial score (nSPS) is 16.9. The minimum Gasteiger partial charge on any atom is -0.0654 e. The van der Waals surface area contributed by atoms with Crippen LogP contribution in [0, 0.1) is 22.7 Å². The Morgan fingerprint density at radius 2 is 1.35 bits per heavy atom. The van der Waals surface area contributed by atoms with E-state index in [4.69, 9.17) is 0 Å². The second-order valence-corrected chi connectivity index (χ2v) is 7.49. The molecule has 0 spiro atoms. The molecule has 0 fully saturated rings. The Labute approximate surface area is 111 Å². The molecule has 2 unspecified atom stereocenters. The largest absolute Gasteiger partial charge is 0.0654 e. The SMILES string of the molecule is CCCCC(C(C)CCC)C(C)(C)C(C)(C)C. The first-order valence-corrected chi connectivity index (χ1v) is 7.68. The Morgan fingerprint density at radius 3 is 1.71 bits per heavy atom. The highest BCUT2D eigenvalue weighted by Crippen LogP contribution is 2.49. The van der Waals surface area contributed by atoms with Crippen LogP contribution in [0.25, 0.3) is 0 Å². The van der Waals surface area contributed by atoms with Gasteiger partial charge in [0.25, 0.3) is 0 Å². The summed E-state index contributed by atoms with van der Waals surface area (Å²) in [6, 6.07) is 0. The minimum atomic E-state index is 0.396. The van der Waals surface area contributed by atoms with Crippen molar-refractivity contribution in [2.45, 2.75) is 87.5 Å². The van der Waals surface area contributed by atoms with Crippen molar-refractivity contribution in [3.8, 4) is 0 Å². The van der Waals surface area contributed by atoms with Crippen LogP contribution >= 0.6 is 0 Å². The lowest BCUT2D eigenvalue weighted by Gasteiger charge is -2.48. The van der Waals surface area contributed by atoms with E-state index in [1.165, 1.54) is 32.1 Å². The lowest BCUT2D eigenvalue weighted by Crippen LogP contribution is -2.40. The molecule has 0 heteroatoms. The van der Waals surface area contributed by atoms with E-state index in [1.54, 1.807) is 0 Å². The summed E-state index contributed by atoms with van der Waals surface area (Å²) in [6.45, 7) is 19.3. The van der Waals surface area contributed by atoms with Gasteiger partial charge in [-0.25, -0.2) is 0 Å². The van der Waals surface area contributed by atoms with Crippen LogP contribution in [-0.4, -0.2) is 0 Å². The van der Waals surface area contributed by atoms with Crippen LogP contribution < -0.4 is 0 Å². The molecule has 0 nitrogen and oxygen atoms in total. The Hall–Kier alpha value is 0. The summed E-state index contributed by atoms with van der Waals surface area (Å²) >= 11 is 0. The van der Waals surface area contributed by atoms with Crippen molar-refractivity contribution in [3.63, 3.8) is 0 Å². The summed E-state index contributed by atoms with van der Waals surface area (Å²) in [5, 5.41) is 0. The molecule has 0 aliphatic heterocycles. The smallest absolute Gasteiger partial charge is 0.0275 e. The van der Waals surface area contributed by atoms with Gasteiger partial charge in [0.1, 0.15) is 0 Å². The zero-order chi connectivity index (χ0) is 13.7. The molecule has 0 heterocycles. The van der Waals surface area contributed by atoms with Gasteiger partial charge in [-0.05, 0) is 29.1 Å². The average Bonchev–Trinajstić information content (AvgIpc) is 2.16. The van der Waals surface area contributed by atoms with Crippen LogP contribution in [0.5, 0.6) is 0 Å². The standard InChI is InChI=1S/C17H36/c1-9-11-13-15(14(3)12-10-2)17(7,8)16(4,5)6/h14-15H,9-13H2,1-8H3. The van der Waals surface area contributed by atoms with E-state index in [0.29, 0.717) is 10.8 Å². The molecule has 0 bridgehead atoms. The predicted molar refractivity (Wildman–Crippen MR) is 80.3 cm³/mol. The van der Waals surface area contributed by atoms with Crippen LogP contribution in [0.15, 0.2) is 0 Å².